The highest BCUT2D eigenvalue weighted by Crippen LogP contribution is 2.64. The van der Waals surface area contributed by atoms with Gasteiger partial charge in [0, 0.05) is 22.7 Å². The van der Waals surface area contributed by atoms with E-state index >= 15 is 0 Å². The molecule has 59 heavy (non-hydrogen) atoms. The molecule has 0 atom stereocenters. The lowest BCUT2D eigenvalue weighted by molar-refractivity contribution is -0.0295. The number of hydrogen-bond acceptors (Lipinski definition) is 1. The molecule has 0 heterocycles. The quantitative estimate of drug-likeness (QED) is 0.0697. The van der Waals surface area contributed by atoms with Crippen LogP contribution < -0.4 is 0 Å². The van der Waals surface area contributed by atoms with Crippen LogP contribution in [0.4, 0.5) is 0 Å². The van der Waals surface area contributed by atoms with Crippen molar-refractivity contribution >= 4 is 0 Å². The summed E-state index contributed by atoms with van der Waals surface area (Å²) in [7, 11) is 0. The molecule has 4 saturated carbocycles. The lowest BCUT2D eigenvalue weighted by atomic mass is 9.47. The van der Waals surface area contributed by atoms with E-state index in [-0.39, 0.29) is 10.8 Å². The van der Waals surface area contributed by atoms with Gasteiger partial charge in [-0.3, -0.25) is 0 Å². The Morgan fingerprint density at radius 2 is 0.746 bits per heavy atom. The van der Waals surface area contributed by atoms with Crippen molar-refractivity contribution in [3.05, 3.63) is 48.6 Å². The van der Waals surface area contributed by atoms with Crippen LogP contribution in [0.2, 0.25) is 0 Å². The number of allylic oxidation sites excluding steroid dienone is 4. The maximum Gasteiger partial charge on any atom is 0.0563 e. The number of rotatable bonds is 24. The van der Waals surface area contributed by atoms with Crippen LogP contribution in [0, 0.1) is 57.2 Å². The molecular weight excluding hydrogens is 713 g/mol. The maximum atomic E-state index is 6.72. The second kappa shape index (κ2) is 24.1. The topological polar surface area (TPSA) is 9.23 Å². The average molecular weight is 811 g/mol. The molecule has 0 bridgehead atoms. The normalized spacial score (nSPS) is 34.3. The van der Waals surface area contributed by atoms with Crippen molar-refractivity contribution < 1.29 is 4.74 Å². The summed E-state index contributed by atoms with van der Waals surface area (Å²) < 4.78 is 6.72. The molecule has 4 fully saturated rings. The zero-order chi connectivity index (χ0) is 41.3. The van der Waals surface area contributed by atoms with E-state index in [0.717, 1.165) is 36.9 Å². The van der Waals surface area contributed by atoms with Crippen molar-refractivity contribution in [2.24, 2.45) is 57.2 Å². The molecule has 6 aliphatic carbocycles. The fourth-order valence-corrected chi connectivity index (χ4v) is 15.1. The van der Waals surface area contributed by atoms with Gasteiger partial charge >= 0.3 is 0 Å². The number of unbranched alkanes of at least 4 members (excludes halogenated alkanes) is 8. The van der Waals surface area contributed by atoms with Crippen LogP contribution in [-0.4, -0.2) is 13.2 Å². The minimum atomic E-state index is 0.248. The van der Waals surface area contributed by atoms with Crippen molar-refractivity contribution in [3.8, 4) is 0 Å². The molecule has 0 spiro atoms. The number of ether oxygens (including phenoxy) is 1. The summed E-state index contributed by atoms with van der Waals surface area (Å²) in [6, 6.07) is 0. The molecular formula is C58H98O. The maximum absolute atomic E-state index is 6.72. The fourth-order valence-electron chi connectivity index (χ4n) is 15.1. The fraction of sp³-hybridized carbons (Fsp3) is 0.862. The third-order valence-electron chi connectivity index (χ3n) is 18.6. The Labute approximate surface area is 368 Å². The predicted octanol–water partition coefficient (Wildman–Crippen LogP) is 18.3. The summed E-state index contributed by atoms with van der Waals surface area (Å²) in [5.41, 5.74) is 1.44. The van der Waals surface area contributed by atoms with Crippen LogP contribution in [0.1, 0.15) is 246 Å². The Morgan fingerprint density at radius 1 is 0.407 bits per heavy atom. The summed E-state index contributed by atoms with van der Waals surface area (Å²) in [5, 5.41) is 0. The summed E-state index contributed by atoms with van der Waals surface area (Å²) in [6.07, 6.45) is 70.5. The molecule has 0 saturated heterocycles. The first-order valence-corrected chi connectivity index (χ1v) is 27.3. The van der Waals surface area contributed by atoms with Gasteiger partial charge in [0.15, 0.2) is 0 Å². The van der Waals surface area contributed by atoms with Crippen molar-refractivity contribution in [3.63, 3.8) is 0 Å². The molecule has 0 amide bonds. The first-order chi connectivity index (χ1) is 29.0. The zero-order valence-electron chi connectivity index (χ0n) is 39.9. The summed E-state index contributed by atoms with van der Waals surface area (Å²) in [6.45, 7) is 11.2. The van der Waals surface area contributed by atoms with Gasteiger partial charge in [-0.1, -0.05) is 230 Å². The van der Waals surface area contributed by atoms with Crippen LogP contribution in [0.5, 0.6) is 0 Å². The molecule has 0 aliphatic heterocycles. The van der Waals surface area contributed by atoms with E-state index in [1.807, 2.05) is 0 Å². The van der Waals surface area contributed by atoms with Crippen LogP contribution in [0.3, 0.4) is 0 Å². The van der Waals surface area contributed by atoms with Gasteiger partial charge in [-0.25, -0.2) is 0 Å². The minimum Gasteiger partial charge on any atom is -0.380 e. The van der Waals surface area contributed by atoms with E-state index in [0.29, 0.717) is 22.7 Å². The van der Waals surface area contributed by atoms with Crippen molar-refractivity contribution in [1.82, 2.24) is 0 Å². The molecule has 0 N–H and O–H groups in total. The van der Waals surface area contributed by atoms with Crippen LogP contribution in [0.15, 0.2) is 48.6 Å². The van der Waals surface area contributed by atoms with E-state index < -0.39 is 0 Å². The molecule has 6 rings (SSSR count). The summed E-state index contributed by atoms with van der Waals surface area (Å²) >= 11 is 0. The minimum absolute atomic E-state index is 0.248. The van der Waals surface area contributed by atoms with E-state index in [2.05, 4.69) is 76.3 Å². The second-order valence-corrected chi connectivity index (χ2v) is 22.2. The molecule has 0 unspecified atom stereocenters. The van der Waals surface area contributed by atoms with Gasteiger partial charge in [-0.15, -0.1) is 0 Å². The molecule has 0 aromatic rings. The highest BCUT2D eigenvalue weighted by Gasteiger charge is 2.55. The Kier molecular flexibility index (Phi) is 19.4. The van der Waals surface area contributed by atoms with Gasteiger partial charge in [-0.2, -0.15) is 0 Å². The lowest BCUT2D eigenvalue weighted by Crippen LogP contribution is -2.48. The third kappa shape index (κ3) is 11.7. The van der Waals surface area contributed by atoms with E-state index in [1.54, 1.807) is 0 Å². The second-order valence-electron chi connectivity index (χ2n) is 22.2. The molecule has 0 aromatic heterocycles. The summed E-state index contributed by atoms with van der Waals surface area (Å²) in [4.78, 5) is 0. The van der Waals surface area contributed by atoms with Gasteiger partial charge < -0.3 is 4.74 Å². The van der Waals surface area contributed by atoms with Crippen molar-refractivity contribution in [1.29, 1.82) is 0 Å². The van der Waals surface area contributed by atoms with Crippen LogP contribution >= 0.6 is 0 Å². The molecule has 6 aliphatic rings. The SMILES string of the molecule is CCCCC[C@H]1CC[C@H](C2([C@]3(CCCCC)C=C[C@@H](COC[C@H]4C=C[C@](CCCCC)(C5([C@H]6CC[C@H](CCCCC)CC6)CCCCC5)C=C4)C=C3)CCCCC2)CC1. The van der Waals surface area contributed by atoms with Crippen LogP contribution in [-0.2, 0) is 4.74 Å². The zero-order valence-corrected chi connectivity index (χ0v) is 39.9. The average Bonchev–Trinajstić information content (AvgIpc) is 3.29. The van der Waals surface area contributed by atoms with Crippen molar-refractivity contribution in [2.45, 2.75) is 246 Å². The third-order valence-corrected chi connectivity index (χ3v) is 18.6. The van der Waals surface area contributed by atoms with Gasteiger partial charge in [0.25, 0.3) is 0 Å². The summed E-state index contributed by atoms with van der Waals surface area (Å²) in [5.74, 6) is 4.64. The van der Waals surface area contributed by atoms with Crippen LogP contribution in [0.25, 0.3) is 0 Å². The first-order valence-electron chi connectivity index (χ1n) is 27.3. The van der Waals surface area contributed by atoms with Gasteiger partial charge in [-0.05, 0) is 98.7 Å². The standard InChI is InChI=1S/C58H98O/c1-5-9-15-23-49-25-29-53(30-26-49)57(39-19-13-20-40-57)55(37-17-11-7-3)43-33-51(34-44-55)47-59-48-52-35-45-56(46-36-52,38-18-12-8-4)58(41-21-14-22-42-58)54-31-27-50(28-32-54)24-16-10-6-2/h33-36,43-46,49-54H,5-32,37-42,47-48H2,1-4H3/t49-,50-,51-,52-,53-,54-,55-,56-. The van der Waals surface area contributed by atoms with Gasteiger partial charge in [0.1, 0.15) is 0 Å². The van der Waals surface area contributed by atoms with E-state index in [1.165, 1.54) is 218 Å². The Balaban J connectivity index is 1.09. The molecule has 0 aromatic carbocycles. The Bertz CT molecular complexity index is 1140. The molecule has 0 radical (unpaired) electrons. The largest absolute Gasteiger partial charge is 0.380 e. The number of hydrogen-bond donors (Lipinski definition) is 0. The Morgan fingerprint density at radius 3 is 1.08 bits per heavy atom. The van der Waals surface area contributed by atoms with E-state index in [9.17, 15) is 0 Å². The molecule has 1 heteroatoms. The van der Waals surface area contributed by atoms with E-state index in [4.69, 9.17) is 4.74 Å². The predicted molar refractivity (Wildman–Crippen MR) is 258 cm³/mol. The highest BCUT2D eigenvalue weighted by atomic mass is 16.5. The monoisotopic (exact) mass is 811 g/mol. The van der Waals surface area contributed by atoms with Gasteiger partial charge in [0.2, 0.25) is 0 Å². The molecule has 1 nitrogen and oxygen atoms in total. The smallest absolute Gasteiger partial charge is 0.0563 e. The van der Waals surface area contributed by atoms with Gasteiger partial charge in [0.05, 0.1) is 13.2 Å². The highest BCUT2D eigenvalue weighted by molar-refractivity contribution is 5.28. The Hall–Kier alpha value is -1.08. The first kappa shape index (κ1) is 47.4. The molecule has 336 valence electrons. The van der Waals surface area contributed by atoms with Crippen molar-refractivity contribution in [2.75, 3.05) is 13.2 Å². The lowest BCUT2D eigenvalue weighted by Gasteiger charge is -2.57.